The summed E-state index contributed by atoms with van der Waals surface area (Å²) in [6, 6.07) is 15.0. The molecule has 0 saturated heterocycles. The highest BCUT2D eigenvalue weighted by Gasteiger charge is 2.27. The molecule has 2 N–H and O–H groups in total. The van der Waals surface area contributed by atoms with Crippen molar-refractivity contribution in [1.29, 1.82) is 0 Å². The second kappa shape index (κ2) is 9.56. The third kappa shape index (κ3) is 5.67. The highest BCUT2D eigenvalue weighted by atomic mass is 32.2. The molecule has 3 aromatic rings. The summed E-state index contributed by atoms with van der Waals surface area (Å²) in [5, 5.41) is 5.16. The van der Waals surface area contributed by atoms with Crippen molar-refractivity contribution in [3.8, 4) is 0 Å². The minimum atomic E-state index is -4.26. The van der Waals surface area contributed by atoms with Crippen molar-refractivity contribution in [2.24, 2.45) is 0 Å². The van der Waals surface area contributed by atoms with E-state index in [1.807, 2.05) is 0 Å². The summed E-state index contributed by atoms with van der Waals surface area (Å²) in [5.74, 6) is -2.09. The standard InChI is InChI=1S/C22H19F2N3O4S/c1-15(28)25-18-6-8-19(9-7-18)26-22(29)14-27(20-10-2-16(23)3-11-20)32(30,31)21-12-4-17(24)5-13-21/h2-13H,14H2,1H3,(H,25,28)(H,26,29). The van der Waals surface area contributed by atoms with Crippen molar-refractivity contribution < 1.29 is 26.8 Å². The average Bonchev–Trinajstić information content (AvgIpc) is 2.74. The Morgan fingerprint density at radius 3 is 1.75 bits per heavy atom. The summed E-state index contributed by atoms with van der Waals surface area (Å²) in [4.78, 5) is 23.5. The molecule has 7 nitrogen and oxygen atoms in total. The molecule has 0 aromatic heterocycles. The van der Waals surface area contributed by atoms with Crippen LogP contribution in [-0.4, -0.2) is 26.8 Å². The van der Waals surface area contributed by atoms with Crippen LogP contribution in [-0.2, 0) is 19.6 Å². The second-order valence-corrected chi connectivity index (χ2v) is 8.61. The van der Waals surface area contributed by atoms with Crippen molar-refractivity contribution in [1.82, 2.24) is 0 Å². The summed E-state index contributed by atoms with van der Waals surface area (Å²) in [7, 11) is -4.26. The number of hydrogen-bond acceptors (Lipinski definition) is 4. The van der Waals surface area contributed by atoms with Crippen LogP contribution in [0, 0.1) is 11.6 Å². The molecular weight excluding hydrogens is 440 g/mol. The summed E-state index contributed by atoms with van der Waals surface area (Å²) in [5.41, 5.74) is 0.969. The van der Waals surface area contributed by atoms with Gasteiger partial charge in [0.15, 0.2) is 0 Å². The van der Waals surface area contributed by atoms with Crippen LogP contribution in [0.1, 0.15) is 6.92 Å². The fraction of sp³-hybridized carbons (Fsp3) is 0.0909. The van der Waals surface area contributed by atoms with Gasteiger partial charge in [-0.15, -0.1) is 0 Å². The third-order valence-corrected chi connectivity index (χ3v) is 6.08. The molecule has 10 heteroatoms. The van der Waals surface area contributed by atoms with Crippen LogP contribution < -0.4 is 14.9 Å². The van der Waals surface area contributed by atoms with Gasteiger partial charge in [-0.3, -0.25) is 13.9 Å². The molecule has 32 heavy (non-hydrogen) atoms. The van der Waals surface area contributed by atoms with Gasteiger partial charge in [0.25, 0.3) is 10.0 Å². The van der Waals surface area contributed by atoms with E-state index in [4.69, 9.17) is 0 Å². The number of carbonyl (C=O) groups is 2. The molecule has 0 heterocycles. The lowest BCUT2D eigenvalue weighted by molar-refractivity contribution is -0.115. The lowest BCUT2D eigenvalue weighted by Gasteiger charge is -2.24. The van der Waals surface area contributed by atoms with E-state index in [-0.39, 0.29) is 16.5 Å². The fourth-order valence-corrected chi connectivity index (χ4v) is 4.25. The predicted octanol–water partition coefficient (Wildman–Crippen LogP) is 3.76. The van der Waals surface area contributed by atoms with Gasteiger partial charge in [0.1, 0.15) is 18.2 Å². The smallest absolute Gasteiger partial charge is 0.264 e. The molecule has 0 radical (unpaired) electrons. The largest absolute Gasteiger partial charge is 0.326 e. The first-order chi connectivity index (χ1) is 15.1. The molecule has 0 fully saturated rings. The van der Waals surface area contributed by atoms with E-state index in [9.17, 15) is 26.8 Å². The maximum absolute atomic E-state index is 13.4. The number of benzene rings is 3. The van der Waals surface area contributed by atoms with E-state index >= 15 is 0 Å². The van der Waals surface area contributed by atoms with Gasteiger partial charge in [-0.25, -0.2) is 17.2 Å². The number of sulfonamides is 1. The Balaban J connectivity index is 1.85. The first kappa shape index (κ1) is 22.9. The normalized spacial score (nSPS) is 11.0. The van der Waals surface area contributed by atoms with E-state index in [0.29, 0.717) is 11.4 Å². The monoisotopic (exact) mass is 459 g/mol. The number of carbonyl (C=O) groups excluding carboxylic acids is 2. The molecule has 0 spiro atoms. The summed E-state index contributed by atoms with van der Waals surface area (Å²) >= 11 is 0. The van der Waals surface area contributed by atoms with Gasteiger partial charge in [-0.1, -0.05) is 0 Å². The molecule has 2 amide bonds. The molecule has 0 unspecified atom stereocenters. The van der Waals surface area contributed by atoms with E-state index < -0.39 is 34.1 Å². The van der Waals surface area contributed by atoms with Crippen molar-refractivity contribution in [3.05, 3.63) is 84.4 Å². The maximum Gasteiger partial charge on any atom is 0.264 e. The molecule has 0 bridgehead atoms. The van der Waals surface area contributed by atoms with Gasteiger partial charge < -0.3 is 10.6 Å². The zero-order chi connectivity index (χ0) is 23.3. The van der Waals surface area contributed by atoms with Crippen molar-refractivity contribution in [2.45, 2.75) is 11.8 Å². The number of nitrogens with one attached hydrogen (secondary N) is 2. The fourth-order valence-electron chi connectivity index (χ4n) is 2.83. The number of rotatable bonds is 7. The van der Waals surface area contributed by atoms with Crippen LogP contribution in [0.25, 0.3) is 0 Å². The van der Waals surface area contributed by atoms with Crippen molar-refractivity contribution >= 4 is 38.9 Å². The molecule has 0 aliphatic carbocycles. The van der Waals surface area contributed by atoms with Crippen LogP contribution in [0.4, 0.5) is 25.8 Å². The van der Waals surface area contributed by atoms with Crippen molar-refractivity contribution in [3.63, 3.8) is 0 Å². The van der Waals surface area contributed by atoms with E-state index in [1.165, 1.54) is 19.1 Å². The molecule has 3 aromatic carbocycles. The van der Waals surface area contributed by atoms with Crippen LogP contribution >= 0.6 is 0 Å². The zero-order valence-electron chi connectivity index (χ0n) is 16.9. The topological polar surface area (TPSA) is 95.6 Å². The lowest BCUT2D eigenvalue weighted by atomic mass is 10.2. The summed E-state index contributed by atoms with van der Waals surface area (Å²) in [6.07, 6.45) is 0. The van der Waals surface area contributed by atoms with E-state index in [1.54, 1.807) is 24.3 Å². The Morgan fingerprint density at radius 1 is 0.781 bits per heavy atom. The van der Waals surface area contributed by atoms with E-state index in [2.05, 4.69) is 10.6 Å². The van der Waals surface area contributed by atoms with Gasteiger partial charge in [-0.05, 0) is 72.8 Å². The summed E-state index contributed by atoms with van der Waals surface area (Å²) in [6.45, 7) is 0.750. The third-order valence-electron chi connectivity index (χ3n) is 4.29. The Hall–Kier alpha value is -3.79. The summed E-state index contributed by atoms with van der Waals surface area (Å²) < 4.78 is 53.7. The second-order valence-electron chi connectivity index (χ2n) is 6.75. The minimum Gasteiger partial charge on any atom is -0.326 e. The first-order valence-electron chi connectivity index (χ1n) is 9.36. The number of hydrogen-bond donors (Lipinski definition) is 2. The Kier molecular flexibility index (Phi) is 6.84. The molecule has 3 rings (SSSR count). The van der Waals surface area contributed by atoms with Crippen LogP contribution in [0.2, 0.25) is 0 Å². The van der Waals surface area contributed by atoms with Gasteiger partial charge >= 0.3 is 0 Å². The Bertz CT molecular complexity index is 1210. The number of amides is 2. The molecular formula is C22H19F2N3O4S. The van der Waals surface area contributed by atoms with Crippen LogP contribution in [0.3, 0.4) is 0 Å². The highest BCUT2D eigenvalue weighted by molar-refractivity contribution is 7.92. The van der Waals surface area contributed by atoms with Gasteiger partial charge in [-0.2, -0.15) is 0 Å². The number of nitrogens with zero attached hydrogens (tertiary/aromatic N) is 1. The Labute approximate surface area is 183 Å². The van der Waals surface area contributed by atoms with Crippen LogP contribution in [0.5, 0.6) is 0 Å². The maximum atomic E-state index is 13.4. The number of halogens is 2. The average molecular weight is 459 g/mol. The number of anilines is 3. The SMILES string of the molecule is CC(=O)Nc1ccc(NC(=O)CN(c2ccc(F)cc2)S(=O)(=O)c2ccc(F)cc2)cc1. The van der Waals surface area contributed by atoms with Crippen LogP contribution in [0.15, 0.2) is 77.7 Å². The Morgan fingerprint density at radius 2 is 1.25 bits per heavy atom. The van der Waals surface area contributed by atoms with Gasteiger partial charge in [0, 0.05) is 18.3 Å². The molecule has 0 aliphatic rings. The molecule has 0 saturated carbocycles. The zero-order valence-corrected chi connectivity index (χ0v) is 17.7. The first-order valence-corrected chi connectivity index (χ1v) is 10.8. The highest BCUT2D eigenvalue weighted by Crippen LogP contribution is 2.24. The molecule has 0 atom stereocenters. The molecule has 0 aliphatic heterocycles. The molecule has 166 valence electrons. The minimum absolute atomic E-state index is 0.0619. The van der Waals surface area contributed by atoms with Crippen molar-refractivity contribution in [2.75, 3.05) is 21.5 Å². The predicted molar refractivity (Wildman–Crippen MR) is 117 cm³/mol. The lowest BCUT2D eigenvalue weighted by Crippen LogP contribution is -2.38. The van der Waals surface area contributed by atoms with Gasteiger partial charge in [0.05, 0.1) is 10.6 Å². The quantitative estimate of drug-likeness (QED) is 0.563. The van der Waals surface area contributed by atoms with E-state index in [0.717, 1.165) is 40.7 Å². The van der Waals surface area contributed by atoms with Gasteiger partial charge in [0.2, 0.25) is 11.8 Å².